The number of aliphatic hydroxyl groups is 1. The van der Waals surface area contributed by atoms with Crippen molar-refractivity contribution in [1.29, 1.82) is 0 Å². The third kappa shape index (κ3) is 28.8. The molecule has 0 amide bonds. The van der Waals surface area contributed by atoms with Crippen molar-refractivity contribution in [1.82, 2.24) is 4.90 Å². The summed E-state index contributed by atoms with van der Waals surface area (Å²) < 4.78 is 20.2. The molecule has 0 rings (SSSR count). The average molecular weight is 574 g/mol. The smallest absolute Gasteiger partial charge is 0.320 e. The first-order valence-corrected chi connectivity index (χ1v) is 15.1. The van der Waals surface area contributed by atoms with E-state index in [0.717, 1.165) is 77.0 Å². The fourth-order valence-corrected chi connectivity index (χ4v) is 4.06. The lowest BCUT2D eigenvalue weighted by atomic mass is 10.1. The zero-order valence-electron chi connectivity index (χ0n) is 25.3. The van der Waals surface area contributed by atoms with E-state index in [9.17, 15) is 24.3 Å². The molecule has 0 aliphatic rings. The highest BCUT2D eigenvalue weighted by molar-refractivity contribution is 5.71. The quantitative estimate of drug-likeness (QED) is 0.0836. The summed E-state index contributed by atoms with van der Waals surface area (Å²) in [6.45, 7) is 4.51. The lowest BCUT2D eigenvalue weighted by Crippen LogP contribution is -2.32. The van der Waals surface area contributed by atoms with E-state index in [-0.39, 0.29) is 37.7 Å². The molecule has 0 saturated carbocycles. The highest BCUT2D eigenvalue weighted by Gasteiger charge is 2.11. The van der Waals surface area contributed by atoms with E-state index in [1.807, 2.05) is 0 Å². The minimum Gasteiger partial charge on any atom is -0.466 e. The number of hydrogen-bond donors (Lipinski definition) is 1. The molecule has 0 aliphatic heterocycles. The number of hydrogen-bond acceptors (Lipinski definition) is 10. The van der Waals surface area contributed by atoms with E-state index in [1.165, 1.54) is 26.7 Å². The summed E-state index contributed by atoms with van der Waals surface area (Å²) in [5.41, 5.74) is 0. The summed E-state index contributed by atoms with van der Waals surface area (Å²) in [6.07, 6.45) is 14.9. The molecule has 0 aromatic carbocycles. The fourth-order valence-electron chi connectivity index (χ4n) is 4.06. The Labute approximate surface area is 241 Å². The minimum atomic E-state index is -0.671. The maximum absolute atomic E-state index is 11.9. The van der Waals surface area contributed by atoms with Gasteiger partial charge in [0.15, 0.2) is 0 Å². The summed E-state index contributed by atoms with van der Waals surface area (Å²) in [5.74, 6) is -1.09. The standard InChI is InChI=1S/C30H55NO9/c1-26(32)37-21-16-12-8-4-5-9-13-17-22-39-29(35)19-15-11-7-6-10-14-18-28(34)25-40-30(36)24-31(3)20-23-38-27(2)33/h28,34H,4-25H2,1-3H3. The number of ether oxygens (including phenoxy) is 4. The predicted octanol–water partition coefficient (Wildman–Crippen LogP) is 4.73. The summed E-state index contributed by atoms with van der Waals surface area (Å²) in [7, 11) is 1.73. The van der Waals surface area contributed by atoms with Crippen molar-refractivity contribution >= 4 is 23.9 Å². The molecule has 40 heavy (non-hydrogen) atoms. The van der Waals surface area contributed by atoms with Crippen molar-refractivity contribution in [3.8, 4) is 0 Å². The van der Waals surface area contributed by atoms with Crippen LogP contribution < -0.4 is 0 Å². The molecule has 0 spiro atoms. The van der Waals surface area contributed by atoms with E-state index in [4.69, 9.17) is 18.9 Å². The van der Waals surface area contributed by atoms with Gasteiger partial charge in [-0.3, -0.25) is 24.1 Å². The number of esters is 4. The molecule has 0 aliphatic carbocycles. The maximum Gasteiger partial charge on any atom is 0.320 e. The molecule has 0 fully saturated rings. The van der Waals surface area contributed by atoms with E-state index in [1.54, 1.807) is 11.9 Å². The highest BCUT2D eigenvalue weighted by atomic mass is 16.5. The summed E-state index contributed by atoms with van der Waals surface area (Å²) >= 11 is 0. The summed E-state index contributed by atoms with van der Waals surface area (Å²) in [5, 5.41) is 10.0. The van der Waals surface area contributed by atoms with Gasteiger partial charge in [-0.15, -0.1) is 0 Å². The van der Waals surface area contributed by atoms with Crippen LogP contribution in [0.15, 0.2) is 0 Å². The Morgan fingerprint density at radius 2 is 1.07 bits per heavy atom. The Hall–Kier alpha value is -2.20. The molecular formula is C30H55NO9. The Morgan fingerprint density at radius 1 is 0.600 bits per heavy atom. The normalized spacial score (nSPS) is 11.7. The van der Waals surface area contributed by atoms with Gasteiger partial charge in [0, 0.05) is 26.8 Å². The van der Waals surface area contributed by atoms with Gasteiger partial charge < -0.3 is 24.1 Å². The average Bonchev–Trinajstić information content (AvgIpc) is 2.89. The predicted molar refractivity (Wildman–Crippen MR) is 153 cm³/mol. The molecule has 0 bridgehead atoms. The van der Waals surface area contributed by atoms with Crippen LogP contribution in [0.4, 0.5) is 0 Å². The molecule has 0 radical (unpaired) electrons. The van der Waals surface area contributed by atoms with Crippen molar-refractivity contribution in [2.45, 2.75) is 123 Å². The van der Waals surface area contributed by atoms with E-state index in [0.29, 0.717) is 32.6 Å². The largest absolute Gasteiger partial charge is 0.466 e. The van der Waals surface area contributed by atoms with Gasteiger partial charge in [0.25, 0.3) is 0 Å². The highest BCUT2D eigenvalue weighted by Crippen LogP contribution is 2.12. The number of rotatable bonds is 27. The van der Waals surface area contributed by atoms with Gasteiger partial charge in [-0.05, 0) is 32.7 Å². The Bertz CT molecular complexity index is 672. The minimum absolute atomic E-state index is 0.0149. The number of unbranched alkanes of at least 4 members (excludes halogenated alkanes) is 12. The van der Waals surface area contributed by atoms with Crippen LogP contribution in [0.3, 0.4) is 0 Å². The van der Waals surface area contributed by atoms with Gasteiger partial charge in [0.2, 0.25) is 0 Å². The van der Waals surface area contributed by atoms with Crippen molar-refractivity contribution in [3.63, 3.8) is 0 Å². The molecule has 1 atom stereocenters. The van der Waals surface area contributed by atoms with Gasteiger partial charge in [-0.1, -0.05) is 70.6 Å². The lowest BCUT2D eigenvalue weighted by Gasteiger charge is -2.16. The van der Waals surface area contributed by atoms with Gasteiger partial charge in [-0.25, -0.2) is 0 Å². The molecule has 10 nitrogen and oxygen atoms in total. The van der Waals surface area contributed by atoms with E-state index >= 15 is 0 Å². The molecule has 0 aromatic heterocycles. The number of carbonyl (C=O) groups excluding carboxylic acids is 4. The Kier molecular flexibility index (Phi) is 25.5. The Morgan fingerprint density at radius 3 is 1.65 bits per heavy atom. The first-order chi connectivity index (χ1) is 19.2. The zero-order chi connectivity index (χ0) is 29.8. The molecule has 0 heterocycles. The summed E-state index contributed by atoms with van der Waals surface area (Å²) in [4.78, 5) is 46.8. The van der Waals surface area contributed by atoms with Crippen molar-refractivity contribution in [3.05, 3.63) is 0 Å². The van der Waals surface area contributed by atoms with Gasteiger partial charge in [0.1, 0.15) is 13.2 Å². The Balaban J connectivity index is 3.43. The van der Waals surface area contributed by atoms with Crippen LogP contribution in [-0.2, 0) is 38.1 Å². The SMILES string of the molecule is CC(=O)OCCCCCCCCCCOC(=O)CCCCCCCCC(O)COC(=O)CN(C)CCOC(C)=O. The number of likely N-dealkylation sites (N-methyl/N-ethyl adjacent to an activating group) is 1. The van der Waals surface area contributed by atoms with Crippen molar-refractivity contribution in [2.75, 3.05) is 46.6 Å². The van der Waals surface area contributed by atoms with Gasteiger partial charge >= 0.3 is 23.9 Å². The van der Waals surface area contributed by atoms with E-state index in [2.05, 4.69) is 0 Å². The third-order valence-electron chi connectivity index (χ3n) is 6.39. The second-order valence-corrected chi connectivity index (χ2v) is 10.5. The number of aliphatic hydroxyl groups excluding tert-OH is 1. The zero-order valence-corrected chi connectivity index (χ0v) is 25.3. The van der Waals surface area contributed by atoms with Crippen LogP contribution in [0, 0.1) is 0 Å². The van der Waals surface area contributed by atoms with Crippen LogP contribution in [0.1, 0.15) is 117 Å². The monoisotopic (exact) mass is 573 g/mol. The van der Waals surface area contributed by atoms with Crippen molar-refractivity contribution in [2.24, 2.45) is 0 Å². The van der Waals surface area contributed by atoms with Crippen LogP contribution in [0.25, 0.3) is 0 Å². The number of carbonyl (C=O) groups is 4. The topological polar surface area (TPSA) is 129 Å². The van der Waals surface area contributed by atoms with Crippen LogP contribution in [0.5, 0.6) is 0 Å². The molecule has 10 heteroatoms. The fraction of sp³-hybridized carbons (Fsp3) is 0.867. The molecule has 1 unspecified atom stereocenters. The number of nitrogens with zero attached hydrogens (tertiary/aromatic N) is 1. The van der Waals surface area contributed by atoms with Crippen LogP contribution in [0.2, 0.25) is 0 Å². The molecular weight excluding hydrogens is 518 g/mol. The molecule has 234 valence electrons. The molecule has 1 N–H and O–H groups in total. The van der Waals surface area contributed by atoms with Crippen molar-refractivity contribution < 1.29 is 43.2 Å². The second-order valence-electron chi connectivity index (χ2n) is 10.5. The van der Waals surface area contributed by atoms with Gasteiger partial charge in [-0.2, -0.15) is 0 Å². The summed E-state index contributed by atoms with van der Waals surface area (Å²) in [6, 6.07) is 0. The van der Waals surface area contributed by atoms with Crippen LogP contribution in [-0.4, -0.2) is 86.6 Å². The maximum atomic E-state index is 11.9. The lowest BCUT2D eigenvalue weighted by molar-refractivity contribution is -0.148. The van der Waals surface area contributed by atoms with Crippen LogP contribution >= 0.6 is 0 Å². The molecule has 0 aromatic rings. The third-order valence-corrected chi connectivity index (χ3v) is 6.39. The molecule has 0 saturated heterocycles. The van der Waals surface area contributed by atoms with Gasteiger partial charge in [0.05, 0.1) is 25.9 Å². The second kappa shape index (κ2) is 27.0. The van der Waals surface area contributed by atoms with E-state index < -0.39 is 12.1 Å². The first-order valence-electron chi connectivity index (χ1n) is 15.1. The first kappa shape index (κ1) is 37.8.